The maximum atomic E-state index is 12.7. The predicted octanol–water partition coefficient (Wildman–Crippen LogP) is 6.11. The van der Waals surface area contributed by atoms with Crippen LogP contribution in [0.15, 0.2) is 76.5 Å². The molecule has 1 atom stereocenters. The first-order chi connectivity index (χ1) is 15.0. The van der Waals surface area contributed by atoms with E-state index in [-0.39, 0.29) is 26.2 Å². The number of benzene rings is 3. The van der Waals surface area contributed by atoms with Crippen molar-refractivity contribution < 1.29 is 16.8 Å². The number of hydrogen-bond donors (Lipinski definition) is 2. The van der Waals surface area contributed by atoms with Crippen molar-refractivity contribution in [3.05, 3.63) is 82.3 Å². The molecule has 0 saturated heterocycles. The average Bonchev–Trinajstić information content (AvgIpc) is 2.76. The molecule has 10 heteroatoms. The van der Waals surface area contributed by atoms with E-state index in [1.165, 1.54) is 42.5 Å². The topological polar surface area (TPSA) is 92.3 Å². The van der Waals surface area contributed by atoms with E-state index in [9.17, 15) is 16.8 Å². The van der Waals surface area contributed by atoms with Gasteiger partial charge in [-0.3, -0.25) is 9.44 Å². The van der Waals surface area contributed by atoms with E-state index >= 15 is 0 Å². The maximum Gasteiger partial charge on any atom is 0.261 e. The molecule has 6 nitrogen and oxygen atoms in total. The summed E-state index contributed by atoms with van der Waals surface area (Å²) in [4.78, 5) is 0.0898. The van der Waals surface area contributed by atoms with E-state index in [1.807, 2.05) is 0 Å². The SMILES string of the molecule is CCC(C)c1ccc(S(=O)(=O)Nc2ccc(S(=O)(=O)Nc3ccc(Cl)c(Cl)c3)cc2)cc1. The van der Waals surface area contributed by atoms with Gasteiger partial charge in [-0.15, -0.1) is 0 Å². The standard InChI is InChI=1S/C22H22Cl2N2O4S2/c1-3-15(2)16-4-9-19(10-5-16)31(27,28)25-17-6-11-20(12-7-17)32(29,30)26-18-8-13-21(23)22(24)14-18/h4-15,25-26H,3H2,1-2H3. The number of rotatable bonds is 8. The average molecular weight is 513 g/mol. The molecule has 0 amide bonds. The van der Waals surface area contributed by atoms with Crippen molar-refractivity contribution >= 4 is 54.6 Å². The summed E-state index contributed by atoms with van der Waals surface area (Å²) in [7, 11) is -7.71. The van der Waals surface area contributed by atoms with Gasteiger partial charge in [0, 0.05) is 5.69 Å². The molecule has 0 radical (unpaired) electrons. The number of anilines is 2. The van der Waals surface area contributed by atoms with Gasteiger partial charge in [-0.25, -0.2) is 16.8 Å². The minimum atomic E-state index is -3.90. The number of nitrogens with one attached hydrogen (secondary N) is 2. The van der Waals surface area contributed by atoms with E-state index in [0.717, 1.165) is 12.0 Å². The Kier molecular flexibility index (Phi) is 7.39. The Hall–Kier alpha value is -2.26. The monoisotopic (exact) mass is 512 g/mol. The van der Waals surface area contributed by atoms with Crippen LogP contribution in [-0.2, 0) is 20.0 Å². The Labute approximate surface area is 198 Å². The van der Waals surface area contributed by atoms with Crippen LogP contribution in [0.25, 0.3) is 0 Å². The molecule has 0 aliphatic heterocycles. The Morgan fingerprint density at radius 2 is 1.19 bits per heavy atom. The summed E-state index contributed by atoms with van der Waals surface area (Å²) in [6, 6.07) is 16.5. The lowest BCUT2D eigenvalue weighted by molar-refractivity contribution is 0.600. The quantitative estimate of drug-likeness (QED) is 0.380. The molecular weight excluding hydrogens is 491 g/mol. The van der Waals surface area contributed by atoms with Gasteiger partial charge in [0.15, 0.2) is 0 Å². The van der Waals surface area contributed by atoms with Crippen molar-refractivity contribution in [3.63, 3.8) is 0 Å². The molecule has 3 aromatic carbocycles. The molecule has 170 valence electrons. The van der Waals surface area contributed by atoms with Crippen LogP contribution < -0.4 is 9.44 Å². The van der Waals surface area contributed by atoms with Gasteiger partial charge in [-0.2, -0.15) is 0 Å². The van der Waals surface area contributed by atoms with E-state index in [4.69, 9.17) is 23.2 Å². The highest BCUT2D eigenvalue weighted by Crippen LogP contribution is 2.27. The van der Waals surface area contributed by atoms with Gasteiger partial charge < -0.3 is 0 Å². The minimum absolute atomic E-state index is 0.0376. The highest BCUT2D eigenvalue weighted by atomic mass is 35.5. The molecule has 0 aliphatic rings. The molecule has 0 spiro atoms. The third kappa shape index (κ3) is 5.75. The number of hydrogen-bond acceptors (Lipinski definition) is 4. The highest BCUT2D eigenvalue weighted by Gasteiger charge is 2.18. The van der Waals surface area contributed by atoms with Crippen LogP contribution in [0, 0.1) is 0 Å². The Bertz CT molecular complexity index is 1310. The van der Waals surface area contributed by atoms with Crippen molar-refractivity contribution in [2.45, 2.75) is 36.0 Å². The van der Waals surface area contributed by atoms with Gasteiger partial charge in [0.05, 0.1) is 25.5 Å². The molecule has 3 aromatic rings. The molecule has 0 bridgehead atoms. The van der Waals surface area contributed by atoms with Crippen molar-refractivity contribution in [2.24, 2.45) is 0 Å². The summed E-state index contributed by atoms with van der Waals surface area (Å²) in [6.45, 7) is 4.15. The number of halogens is 2. The van der Waals surface area contributed by atoms with Crippen molar-refractivity contribution in [3.8, 4) is 0 Å². The van der Waals surface area contributed by atoms with Crippen LogP contribution in [0.5, 0.6) is 0 Å². The Balaban J connectivity index is 1.75. The summed E-state index contributed by atoms with van der Waals surface area (Å²) < 4.78 is 55.4. The molecule has 32 heavy (non-hydrogen) atoms. The first-order valence-corrected chi connectivity index (χ1v) is 13.4. The summed E-state index contributed by atoms with van der Waals surface area (Å²) in [5.41, 5.74) is 1.56. The summed E-state index contributed by atoms with van der Waals surface area (Å²) in [6.07, 6.45) is 0.958. The van der Waals surface area contributed by atoms with Gasteiger partial charge in [0.1, 0.15) is 0 Å². The van der Waals surface area contributed by atoms with Gasteiger partial charge >= 0.3 is 0 Å². The second-order valence-corrected chi connectivity index (χ2v) is 11.4. The van der Waals surface area contributed by atoms with E-state index in [1.54, 1.807) is 24.3 Å². The summed E-state index contributed by atoms with van der Waals surface area (Å²) in [5, 5.41) is 0.523. The molecular formula is C22H22Cl2N2O4S2. The molecule has 0 aromatic heterocycles. The van der Waals surface area contributed by atoms with E-state index in [2.05, 4.69) is 23.3 Å². The van der Waals surface area contributed by atoms with Crippen LogP contribution in [0.2, 0.25) is 10.0 Å². The van der Waals surface area contributed by atoms with Crippen LogP contribution in [0.3, 0.4) is 0 Å². The number of sulfonamides is 2. The highest BCUT2D eigenvalue weighted by molar-refractivity contribution is 7.93. The smallest absolute Gasteiger partial charge is 0.261 e. The molecule has 3 rings (SSSR count). The third-order valence-corrected chi connectivity index (χ3v) is 8.49. The lowest BCUT2D eigenvalue weighted by atomic mass is 9.99. The predicted molar refractivity (Wildman–Crippen MR) is 130 cm³/mol. The second kappa shape index (κ2) is 9.70. The van der Waals surface area contributed by atoms with Crippen LogP contribution in [0.4, 0.5) is 11.4 Å². The fourth-order valence-electron chi connectivity index (χ4n) is 2.90. The lowest BCUT2D eigenvalue weighted by Crippen LogP contribution is -2.14. The largest absolute Gasteiger partial charge is 0.280 e. The summed E-state index contributed by atoms with van der Waals surface area (Å²) >= 11 is 11.8. The Morgan fingerprint density at radius 1 is 0.719 bits per heavy atom. The molecule has 2 N–H and O–H groups in total. The first-order valence-electron chi connectivity index (χ1n) is 9.72. The second-order valence-electron chi connectivity index (χ2n) is 7.24. The van der Waals surface area contributed by atoms with E-state index in [0.29, 0.717) is 10.9 Å². The van der Waals surface area contributed by atoms with Gasteiger partial charge in [0.2, 0.25) is 0 Å². The zero-order valence-corrected chi connectivity index (χ0v) is 20.5. The Morgan fingerprint density at radius 3 is 1.69 bits per heavy atom. The fourth-order valence-corrected chi connectivity index (χ4v) is 5.31. The van der Waals surface area contributed by atoms with Crippen molar-refractivity contribution in [1.82, 2.24) is 0 Å². The lowest BCUT2D eigenvalue weighted by Gasteiger charge is -2.12. The van der Waals surface area contributed by atoms with Gasteiger partial charge in [-0.05, 0) is 72.5 Å². The molecule has 1 unspecified atom stereocenters. The normalized spacial score (nSPS) is 12.9. The zero-order chi connectivity index (χ0) is 23.5. The third-order valence-electron chi connectivity index (χ3n) is 4.96. The maximum absolute atomic E-state index is 12.7. The van der Waals surface area contributed by atoms with Crippen LogP contribution in [-0.4, -0.2) is 16.8 Å². The van der Waals surface area contributed by atoms with Crippen molar-refractivity contribution in [1.29, 1.82) is 0 Å². The zero-order valence-electron chi connectivity index (χ0n) is 17.3. The molecule has 0 aliphatic carbocycles. The van der Waals surface area contributed by atoms with Crippen LogP contribution >= 0.6 is 23.2 Å². The van der Waals surface area contributed by atoms with Gasteiger partial charge in [-0.1, -0.05) is 49.2 Å². The van der Waals surface area contributed by atoms with Crippen LogP contribution in [0.1, 0.15) is 31.7 Å². The minimum Gasteiger partial charge on any atom is -0.280 e. The fraction of sp³-hybridized carbons (Fsp3) is 0.182. The first kappa shape index (κ1) is 24.4. The van der Waals surface area contributed by atoms with Gasteiger partial charge in [0.25, 0.3) is 20.0 Å². The molecule has 0 saturated carbocycles. The van der Waals surface area contributed by atoms with Crippen molar-refractivity contribution in [2.75, 3.05) is 9.44 Å². The summed E-state index contributed by atoms with van der Waals surface area (Å²) in [5.74, 6) is 0.340. The molecule has 0 heterocycles. The van der Waals surface area contributed by atoms with E-state index < -0.39 is 20.0 Å². The molecule has 0 fully saturated rings.